The monoisotopic (exact) mass is 770 g/mol. The lowest BCUT2D eigenvalue weighted by Crippen LogP contribution is -2.61. The summed E-state index contributed by atoms with van der Waals surface area (Å²) in [5.41, 5.74) is 1.37. The maximum atomic E-state index is 14.0. The molecule has 6 amide bonds. The van der Waals surface area contributed by atoms with Crippen LogP contribution in [-0.2, 0) is 22.7 Å². The van der Waals surface area contributed by atoms with Gasteiger partial charge in [-0.1, -0.05) is 88.4 Å². The molecule has 0 aromatic carbocycles. The maximum Gasteiger partial charge on any atom is 0.318 e. The molecule has 2 aromatic rings. The third-order valence-electron chi connectivity index (χ3n) is 9.94. The van der Waals surface area contributed by atoms with E-state index in [1.807, 2.05) is 60.7 Å². The zero-order valence-corrected chi connectivity index (χ0v) is 33.2. The van der Waals surface area contributed by atoms with Crippen molar-refractivity contribution in [3.63, 3.8) is 0 Å². The zero-order chi connectivity index (χ0) is 40.8. The lowest BCUT2D eigenvalue weighted by atomic mass is 9.87. The molecule has 2 aliphatic rings. The van der Waals surface area contributed by atoms with Gasteiger partial charge in [0.15, 0.2) is 0 Å². The van der Waals surface area contributed by atoms with Gasteiger partial charge in [0.25, 0.3) is 0 Å². The molecule has 2 aliphatic carbocycles. The lowest BCUT2D eigenvalue weighted by Gasteiger charge is -2.36. The molecule has 0 bridgehead atoms. The molecule has 0 aliphatic heterocycles. The van der Waals surface area contributed by atoms with Crippen molar-refractivity contribution in [2.75, 3.05) is 14.1 Å². The van der Waals surface area contributed by atoms with Gasteiger partial charge in [0.1, 0.15) is 24.3 Å². The van der Waals surface area contributed by atoms with Crippen LogP contribution in [-0.4, -0.2) is 104 Å². The highest BCUT2D eigenvalue weighted by Gasteiger charge is 2.39. The minimum Gasteiger partial charge on any atom is -0.388 e. The van der Waals surface area contributed by atoms with Crippen LogP contribution in [0.1, 0.15) is 51.9 Å². The van der Waals surface area contributed by atoms with Crippen LogP contribution in [0.15, 0.2) is 97.4 Å². The van der Waals surface area contributed by atoms with E-state index in [1.54, 1.807) is 78.4 Å². The predicted octanol–water partition coefficient (Wildman–Crippen LogP) is 3.46. The fraction of sp³-hybridized carbons (Fsp3) is 0.476. The summed E-state index contributed by atoms with van der Waals surface area (Å²) in [5.74, 6) is -1.99. The van der Waals surface area contributed by atoms with Crippen molar-refractivity contribution in [1.29, 1.82) is 0 Å². The highest BCUT2D eigenvalue weighted by Crippen LogP contribution is 2.24. The summed E-state index contributed by atoms with van der Waals surface area (Å²) in [7, 11) is 3.22. The highest BCUT2D eigenvalue weighted by atomic mass is 16.3. The molecule has 4 rings (SSSR count). The van der Waals surface area contributed by atoms with E-state index in [-0.39, 0.29) is 49.6 Å². The van der Waals surface area contributed by atoms with E-state index in [4.69, 9.17) is 0 Å². The maximum absolute atomic E-state index is 14.0. The largest absolute Gasteiger partial charge is 0.388 e. The molecule has 302 valence electrons. The summed E-state index contributed by atoms with van der Waals surface area (Å²) in [6, 6.07) is 6.00. The smallest absolute Gasteiger partial charge is 0.318 e. The summed E-state index contributed by atoms with van der Waals surface area (Å²) in [5, 5.41) is 35.3. The standard InChI is InChI=1S/C42H58N8O6/c1-27(2)35(47-41(55)49(5)25-31-19-11-13-21-43-31)39(53)45-33(23-29-15-7-8-16-29)37(51)38(52)34(24-30-17-9-10-18-30)46-40(54)36(28(3)4)48-42(56)50(6)26-32-20-12-14-22-44-32/h7-22,27-30,33-38,51-52H,23-26H2,1-6H3,(H,45,53)(H,46,54)(H,47,55)(H,48,56)/t33-,34-,35-,36-,37-,38+/m0/s1. The molecule has 6 atom stereocenters. The van der Waals surface area contributed by atoms with Crippen molar-refractivity contribution in [2.24, 2.45) is 23.7 Å². The number of aromatic nitrogens is 2. The van der Waals surface area contributed by atoms with Gasteiger partial charge in [0.05, 0.1) is 36.6 Å². The zero-order valence-electron chi connectivity index (χ0n) is 33.2. The quantitative estimate of drug-likeness (QED) is 0.125. The fourth-order valence-corrected chi connectivity index (χ4v) is 6.61. The van der Waals surface area contributed by atoms with Crippen LogP contribution in [0.2, 0.25) is 0 Å². The minimum absolute atomic E-state index is 0.143. The van der Waals surface area contributed by atoms with Gasteiger partial charge in [0.2, 0.25) is 11.8 Å². The van der Waals surface area contributed by atoms with Gasteiger partial charge in [-0.25, -0.2) is 9.59 Å². The summed E-state index contributed by atoms with van der Waals surface area (Å²) in [6.07, 6.45) is 15.9. The van der Waals surface area contributed by atoms with Crippen LogP contribution in [0.25, 0.3) is 0 Å². The van der Waals surface area contributed by atoms with Crippen molar-refractivity contribution in [2.45, 2.75) is 90.0 Å². The molecule has 2 heterocycles. The van der Waals surface area contributed by atoms with Gasteiger partial charge in [-0.3, -0.25) is 19.6 Å². The number of rotatable bonds is 19. The molecule has 2 aromatic heterocycles. The molecule has 56 heavy (non-hydrogen) atoms. The Balaban J connectivity index is 1.50. The number of hydrogen-bond donors (Lipinski definition) is 6. The van der Waals surface area contributed by atoms with E-state index in [0.717, 1.165) is 0 Å². The summed E-state index contributed by atoms with van der Waals surface area (Å²) in [6.45, 7) is 7.69. The van der Waals surface area contributed by atoms with Crippen LogP contribution in [0.4, 0.5) is 9.59 Å². The Morgan fingerprint density at radius 1 is 0.607 bits per heavy atom. The van der Waals surface area contributed by atoms with Crippen LogP contribution < -0.4 is 21.3 Å². The Hall–Kier alpha value is -5.34. The second kappa shape index (κ2) is 21.1. The molecular formula is C42H58N8O6. The molecule has 0 saturated heterocycles. The third kappa shape index (κ3) is 12.9. The predicted molar refractivity (Wildman–Crippen MR) is 214 cm³/mol. The normalized spacial score (nSPS) is 17.0. The molecule has 0 radical (unpaired) electrons. The molecule has 14 nitrogen and oxygen atoms in total. The van der Waals surface area contributed by atoms with Crippen molar-refractivity contribution >= 4 is 23.9 Å². The van der Waals surface area contributed by atoms with Gasteiger partial charge < -0.3 is 41.3 Å². The van der Waals surface area contributed by atoms with Crippen LogP contribution in [0.3, 0.4) is 0 Å². The van der Waals surface area contributed by atoms with Gasteiger partial charge in [0, 0.05) is 26.5 Å². The van der Waals surface area contributed by atoms with E-state index in [9.17, 15) is 29.4 Å². The number of amides is 6. The Labute approximate surface area is 330 Å². The van der Waals surface area contributed by atoms with Crippen molar-refractivity contribution in [3.05, 3.63) is 109 Å². The number of aliphatic hydroxyl groups excluding tert-OH is 2. The number of carbonyl (C=O) groups excluding carboxylic acids is 4. The van der Waals surface area contributed by atoms with Gasteiger partial charge in [-0.05, 0) is 60.8 Å². The first kappa shape index (κ1) is 43.4. The molecular weight excluding hydrogens is 713 g/mol. The Morgan fingerprint density at radius 2 is 0.964 bits per heavy atom. The minimum atomic E-state index is -1.53. The molecule has 14 heteroatoms. The molecule has 0 saturated carbocycles. The van der Waals surface area contributed by atoms with Crippen molar-refractivity contribution in [1.82, 2.24) is 41.0 Å². The average Bonchev–Trinajstić information content (AvgIpc) is 3.90. The number of nitrogens with one attached hydrogen (secondary N) is 4. The summed E-state index contributed by atoms with van der Waals surface area (Å²) >= 11 is 0. The number of aliphatic hydroxyl groups is 2. The van der Waals surface area contributed by atoms with Gasteiger partial charge in [-0.15, -0.1) is 0 Å². The Bertz CT molecular complexity index is 1570. The second-order valence-corrected chi connectivity index (χ2v) is 15.2. The number of hydrogen-bond acceptors (Lipinski definition) is 8. The first-order chi connectivity index (χ1) is 26.7. The number of pyridine rings is 2. The molecule has 0 fully saturated rings. The topological polar surface area (TPSA) is 189 Å². The number of carbonyl (C=O) groups is 4. The van der Waals surface area contributed by atoms with Crippen LogP contribution in [0, 0.1) is 23.7 Å². The number of nitrogens with zero attached hydrogens (tertiary/aromatic N) is 4. The molecule has 6 N–H and O–H groups in total. The van der Waals surface area contributed by atoms with Crippen molar-refractivity contribution in [3.8, 4) is 0 Å². The van der Waals surface area contributed by atoms with Gasteiger partial charge >= 0.3 is 12.1 Å². The van der Waals surface area contributed by atoms with Crippen LogP contribution >= 0.6 is 0 Å². The number of urea groups is 2. The summed E-state index contributed by atoms with van der Waals surface area (Å²) < 4.78 is 0. The first-order valence-electron chi connectivity index (χ1n) is 19.2. The van der Waals surface area contributed by atoms with Crippen molar-refractivity contribution < 1.29 is 29.4 Å². The number of allylic oxidation sites excluding steroid dienone is 8. The first-order valence-corrected chi connectivity index (χ1v) is 19.2. The Morgan fingerprint density at radius 3 is 1.27 bits per heavy atom. The Kier molecular flexibility index (Phi) is 16.3. The fourth-order valence-electron chi connectivity index (χ4n) is 6.61. The lowest BCUT2D eigenvalue weighted by molar-refractivity contribution is -0.129. The van der Waals surface area contributed by atoms with E-state index >= 15 is 0 Å². The molecule has 0 spiro atoms. The van der Waals surface area contributed by atoms with E-state index in [1.165, 1.54) is 9.80 Å². The van der Waals surface area contributed by atoms with E-state index in [0.29, 0.717) is 11.4 Å². The second-order valence-electron chi connectivity index (χ2n) is 15.2. The summed E-state index contributed by atoms with van der Waals surface area (Å²) in [4.78, 5) is 65.8. The average molecular weight is 771 g/mol. The van der Waals surface area contributed by atoms with E-state index < -0.39 is 60.3 Å². The van der Waals surface area contributed by atoms with E-state index in [2.05, 4.69) is 31.2 Å². The van der Waals surface area contributed by atoms with Gasteiger partial charge in [-0.2, -0.15) is 0 Å². The highest BCUT2D eigenvalue weighted by molar-refractivity contribution is 5.88. The van der Waals surface area contributed by atoms with Crippen LogP contribution in [0.5, 0.6) is 0 Å². The third-order valence-corrected chi connectivity index (χ3v) is 9.94. The SMILES string of the molecule is CC(C)[C@H](NC(=O)N(C)Cc1ccccn1)C(=O)N[C@@H](CC1C=CC=C1)[C@H](O)[C@H](O)[C@H](CC1C=CC=C1)NC(=O)[C@@H](NC(=O)N(C)Cc1ccccn1)C(C)C. The molecule has 0 unspecified atom stereocenters.